The van der Waals surface area contributed by atoms with Gasteiger partial charge in [-0.15, -0.1) is 11.3 Å². The summed E-state index contributed by atoms with van der Waals surface area (Å²) >= 11 is 5.20. The van der Waals surface area contributed by atoms with Crippen LogP contribution in [0.15, 0.2) is 15.2 Å². The van der Waals surface area contributed by atoms with Crippen LogP contribution in [0.3, 0.4) is 0 Å². The molecule has 0 saturated carbocycles. The van der Waals surface area contributed by atoms with E-state index in [4.69, 9.17) is 10.5 Å². The average Bonchev–Trinajstić information content (AvgIpc) is 2.65. The molecule has 1 aromatic rings. The standard InChI is InChI=1S/C12H21BrN2OS/c1-9(7-16-3)11(5-14)15(2)6-10-4-12(13)17-8-10/h4,8-9,11H,5-7,14H2,1-3H3. The first kappa shape index (κ1) is 15.1. The number of thiophene rings is 1. The predicted octanol–water partition coefficient (Wildman–Crippen LogP) is 2.55. The SMILES string of the molecule is COCC(C)C(CN)N(C)Cc1csc(Br)c1. The molecule has 2 N–H and O–H groups in total. The van der Waals surface area contributed by atoms with Crippen molar-refractivity contribution in [3.63, 3.8) is 0 Å². The molecule has 2 atom stereocenters. The van der Waals surface area contributed by atoms with Gasteiger partial charge in [-0.1, -0.05) is 6.92 Å². The van der Waals surface area contributed by atoms with E-state index in [1.807, 2.05) is 0 Å². The molecule has 17 heavy (non-hydrogen) atoms. The van der Waals surface area contributed by atoms with Crippen molar-refractivity contribution >= 4 is 27.3 Å². The zero-order chi connectivity index (χ0) is 12.8. The Bertz CT molecular complexity index is 332. The molecule has 2 unspecified atom stereocenters. The molecule has 0 aromatic carbocycles. The molecule has 0 spiro atoms. The second kappa shape index (κ2) is 7.48. The molecule has 5 heteroatoms. The summed E-state index contributed by atoms with van der Waals surface area (Å²) in [6.07, 6.45) is 0. The van der Waals surface area contributed by atoms with E-state index in [0.29, 0.717) is 18.5 Å². The van der Waals surface area contributed by atoms with E-state index in [0.717, 1.165) is 13.2 Å². The van der Waals surface area contributed by atoms with Gasteiger partial charge >= 0.3 is 0 Å². The van der Waals surface area contributed by atoms with Crippen molar-refractivity contribution in [2.24, 2.45) is 11.7 Å². The van der Waals surface area contributed by atoms with Crippen LogP contribution in [0.1, 0.15) is 12.5 Å². The first-order valence-electron chi connectivity index (χ1n) is 5.70. The Labute approximate surface area is 116 Å². The van der Waals surface area contributed by atoms with Gasteiger partial charge in [-0.2, -0.15) is 0 Å². The van der Waals surface area contributed by atoms with Crippen molar-refractivity contribution in [1.82, 2.24) is 4.90 Å². The van der Waals surface area contributed by atoms with Crippen LogP contribution in [-0.4, -0.2) is 38.3 Å². The minimum Gasteiger partial charge on any atom is -0.384 e. The largest absolute Gasteiger partial charge is 0.384 e. The van der Waals surface area contributed by atoms with E-state index in [2.05, 4.69) is 46.2 Å². The van der Waals surface area contributed by atoms with E-state index in [9.17, 15) is 0 Å². The molecular formula is C12H21BrN2OS. The van der Waals surface area contributed by atoms with Crippen LogP contribution in [0.4, 0.5) is 0 Å². The minimum atomic E-state index is 0.355. The van der Waals surface area contributed by atoms with Gasteiger partial charge in [0, 0.05) is 26.2 Å². The maximum absolute atomic E-state index is 5.86. The molecule has 0 aliphatic heterocycles. The Morgan fingerprint density at radius 2 is 2.29 bits per heavy atom. The topological polar surface area (TPSA) is 38.5 Å². The zero-order valence-electron chi connectivity index (χ0n) is 10.6. The number of nitrogens with zero attached hydrogens (tertiary/aromatic N) is 1. The fraction of sp³-hybridized carbons (Fsp3) is 0.667. The first-order chi connectivity index (χ1) is 8.08. The number of ether oxygens (including phenoxy) is 1. The number of methoxy groups -OCH3 is 1. The maximum Gasteiger partial charge on any atom is 0.0701 e. The van der Waals surface area contributed by atoms with Gasteiger partial charge in [0.15, 0.2) is 0 Å². The molecule has 0 fully saturated rings. The second-order valence-electron chi connectivity index (χ2n) is 4.41. The van der Waals surface area contributed by atoms with Crippen LogP contribution < -0.4 is 5.73 Å². The summed E-state index contributed by atoms with van der Waals surface area (Å²) in [7, 11) is 3.86. The van der Waals surface area contributed by atoms with Gasteiger partial charge in [0.05, 0.1) is 10.4 Å². The van der Waals surface area contributed by atoms with E-state index in [1.165, 1.54) is 9.35 Å². The van der Waals surface area contributed by atoms with Gasteiger partial charge in [0.2, 0.25) is 0 Å². The monoisotopic (exact) mass is 320 g/mol. The summed E-state index contributed by atoms with van der Waals surface area (Å²) in [4.78, 5) is 2.30. The number of nitrogens with two attached hydrogens (primary N) is 1. The molecule has 0 saturated heterocycles. The van der Waals surface area contributed by atoms with Crippen LogP contribution >= 0.6 is 27.3 Å². The summed E-state index contributed by atoms with van der Waals surface area (Å²) in [6, 6.07) is 2.52. The van der Waals surface area contributed by atoms with Crippen LogP contribution in [0.5, 0.6) is 0 Å². The third-order valence-corrected chi connectivity index (χ3v) is 4.50. The fourth-order valence-electron chi connectivity index (χ4n) is 2.05. The summed E-state index contributed by atoms with van der Waals surface area (Å²) in [5.41, 5.74) is 7.19. The number of likely N-dealkylation sites (N-methyl/N-ethyl adjacent to an activating group) is 1. The van der Waals surface area contributed by atoms with Crippen molar-refractivity contribution in [1.29, 1.82) is 0 Å². The lowest BCUT2D eigenvalue weighted by Crippen LogP contribution is -2.43. The maximum atomic E-state index is 5.86. The highest BCUT2D eigenvalue weighted by Gasteiger charge is 2.20. The molecule has 0 aliphatic rings. The minimum absolute atomic E-state index is 0.355. The number of rotatable bonds is 7. The third kappa shape index (κ3) is 4.67. The van der Waals surface area contributed by atoms with Crippen LogP contribution in [0.2, 0.25) is 0 Å². The highest BCUT2D eigenvalue weighted by Crippen LogP contribution is 2.22. The van der Waals surface area contributed by atoms with Crippen LogP contribution in [0.25, 0.3) is 0 Å². The van der Waals surface area contributed by atoms with Crippen LogP contribution in [0, 0.1) is 5.92 Å². The Hall–Kier alpha value is 0.0600. The molecule has 98 valence electrons. The Balaban J connectivity index is 2.56. The van der Waals surface area contributed by atoms with E-state index < -0.39 is 0 Å². The molecule has 0 radical (unpaired) electrons. The van der Waals surface area contributed by atoms with Gasteiger partial charge in [-0.05, 0) is 45.9 Å². The molecule has 3 nitrogen and oxygen atoms in total. The lowest BCUT2D eigenvalue weighted by atomic mass is 10.0. The first-order valence-corrected chi connectivity index (χ1v) is 7.38. The normalized spacial score (nSPS) is 15.2. The highest BCUT2D eigenvalue weighted by atomic mass is 79.9. The van der Waals surface area contributed by atoms with Crippen molar-refractivity contribution in [2.45, 2.75) is 19.5 Å². The highest BCUT2D eigenvalue weighted by molar-refractivity contribution is 9.11. The van der Waals surface area contributed by atoms with Gasteiger partial charge in [-0.3, -0.25) is 4.90 Å². The van der Waals surface area contributed by atoms with Crippen molar-refractivity contribution in [3.05, 3.63) is 20.8 Å². The lowest BCUT2D eigenvalue weighted by Gasteiger charge is -2.31. The van der Waals surface area contributed by atoms with Crippen molar-refractivity contribution in [2.75, 3.05) is 27.3 Å². The number of hydrogen-bond acceptors (Lipinski definition) is 4. The summed E-state index contributed by atoms with van der Waals surface area (Å²) in [5, 5.41) is 2.18. The van der Waals surface area contributed by atoms with Crippen LogP contribution in [-0.2, 0) is 11.3 Å². The molecule has 1 rings (SSSR count). The zero-order valence-corrected chi connectivity index (χ0v) is 13.1. The molecule has 0 bridgehead atoms. The number of halogens is 1. The fourth-order valence-corrected chi connectivity index (χ4v) is 3.25. The van der Waals surface area contributed by atoms with Gasteiger partial charge in [0.1, 0.15) is 0 Å². The summed E-state index contributed by atoms with van der Waals surface area (Å²) in [6.45, 7) is 4.52. The quantitative estimate of drug-likeness (QED) is 0.839. The summed E-state index contributed by atoms with van der Waals surface area (Å²) < 4.78 is 6.38. The average molecular weight is 321 g/mol. The lowest BCUT2D eigenvalue weighted by molar-refractivity contribution is 0.0953. The van der Waals surface area contributed by atoms with E-state index in [-0.39, 0.29) is 0 Å². The molecular weight excluding hydrogens is 300 g/mol. The molecule has 0 amide bonds. The Kier molecular flexibility index (Phi) is 6.66. The third-order valence-electron chi connectivity index (χ3n) is 2.95. The molecule has 1 aromatic heterocycles. The van der Waals surface area contributed by atoms with Gasteiger partial charge in [-0.25, -0.2) is 0 Å². The van der Waals surface area contributed by atoms with E-state index in [1.54, 1.807) is 18.4 Å². The van der Waals surface area contributed by atoms with Gasteiger partial charge in [0.25, 0.3) is 0 Å². The summed E-state index contributed by atoms with van der Waals surface area (Å²) in [5.74, 6) is 0.442. The molecule has 1 heterocycles. The second-order valence-corrected chi connectivity index (χ2v) is 6.70. The predicted molar refractivity (Wildman–Crippen MR) is 77.4 cm³/mol. The molecule has 0 aliphatic carbocycles. The smallest absolute Gasteiger partial charge is 0.0701 e. The van der Waals surface area contributed by atoms with Crippen molar-refractivity contribution < 1.29 is 4.74 Å². The number of hydrogen-bond donors (Lipinski definition) is 1. The Morgan fingerprint density at radius 1 is 1.59 bits per heavy atom. The van der Waals surface area contributed by atoms with Gasteiger partial charge < -0.3 is 10.5 Å². The van der Waals surface area contributed by atoms with Crippen molar-refractivity contribution in [3.8, 4) is 0 Å². The van der Waals surface area contributed by atoms with E-state index >= 15 is 0 Å². The Morgan fingerprint density at radius 3 is 2.76 bits per heavy atom.